The highest BCUT2D eigenvalue weighted by Gasteiger charge is 2.28. The van der Waals surface area contributed by atoms with Crippen LogP contribution in [0.1, 0.15) is 56.7 Å². The van der Waals surface area contributed by atoms with Crippen molar-refractivity contribution in [3.63, 3.8) is 0 Å². The summed E-state index contributed by atoms with van der Waals surface area (Å²) in [4.78, 5) is 52.3. The first-order chi connectivity index (χ1) is 16.3. The van der Waals surface area contributed by atoms with Crippen molar-refractivity contribution in [2.24, 2.45) is 0 Å². The van der Waals surface area contributed by atoms with Gasteiger partial charge in [-0.2, -0.15) is 0 Å². The molecule has 0 saturated carbocycles. The molecule has 2 heterocycles. The number of anilines is 1. The number of hydrogen-bond acceptors (Lipinski definition) is 9. The summed E-state index contributed by atoms with van der Waals surface area (Å²) in [6.45, 7) is 7.61. The number of benzene rings is 1. The Kier molecular flexibility index (Phi) is 8.11. The van der Waals surface area contributed by atoms with E-state index in [4.69, 9.17) is 18.9 Å². The van der Waals surface area contributed by atoms with E-state index in [2.05, 4.69) is 5.32 Å². The molecule has 0 radical (unpaired) electrons. The molecule has 10 nitrogen and oxygen atoms in total. The van der Waals surface area contributed by atoms with Crippen molar-refractivity contribution in [1.29, 1.82) is 0 Å². The first-order valence-electron chi connectivity index (χ1n) is 10.8. The van der Waals surface area contributed by atoms with Gasteiger partial charge in [0, 0.05) is 13.1 Å². The van der Waals surface area contributed by atoms with Crippen LogP contribution in [0.4, 0.5) is 5.00 Å². The van der Waals surface area contributed by atoms with Crippen LogP contribution in [-0.4, -0.2) is 61.7 Å². The summed E-state index contributed by atoms with van der Waals surface area (Å²) in [7, 11) is 0. The van der Waals surface area contributed by atoms with E-state index in [-0.39, 0.29) is 35.4 Å². The lowest BCUT2D eigenvalue weighted by Crippen LogP contribution is -2.30. The number of esters is 2. The van der Waals surface area contributed by atoms with Crippen LogP contribution in [0.5, 0.6) is 11.5 Å². The van der Waals surface area contributed by atoms with Gasteiger partial charge in [-0.3, -0.25) is 9.59 Å². The number of rotatable bonds is 9. The molecule has 1 aliphatic rings. The zero-order valence-electron chi connectivity index (χ0n) is 19.4. The van der Waals surface area contributed by atoms with Gasteiger partial charge in [-0.1, -0.05) is 0 Å². The maximum absolute atomic E-state index is 12.9. The van der Waals surface area contributed by atoms with Crippen LogP contribution in [0.25, 0.3) is 0 Å². The normalized spacial score (nSPS) is 11.6. The van der Waals surface area contributed by atoms with Crippen molar-refractivity contribution in [2.45, 2.75) is 27.7 Å². The Bertz CT molecular complexity index is 1110. The number of thiophene rings is 1. The van der Waals surface area contributed by atoms with Crippen LogP contribution in [0.2, 0.25) is 0 Å². The highest BCUT2D eigenvalue weighted by molar-refractivity contribution is 7.18. The molecule has 1 aromatic heterocycles. The molecule has 0 spiro atoms. The van der Waals surface area contributed by atoms with Gasteiger partial charge < -0.3 is 29.2 Å². The van der Waals surface area contributed by atoms with Gasteiger partial charge in [0.05, 0.1) is 22.6 Å². The van der Waals surface area contributed by atoms with E-state index >= 15 is 0 Å². The third-order valence-electron chi connectivity index (χ3n) is 5.07. The monoisotopic (exact) mass is 490 g/mol. The lowest BCUT2D eigenvalue weighted by Gasteiger charge is -2.18. The summed E-state index contributed by atoms with van der Waals surface area (Å²) < 4.78 is 20.6. The molecule has 0 aliphatic carbocycles. The summed E-state index contributed by atoms with van der Waals surface area (Å²) >= 11 is 0.985. The molecule has 0 atom stereocenters. The van der Waals surface area contributed by atoms with Crippen molar-refractivity contribution >= 4 is 40.1 Å². The number of hydrogen-bond donors (Lipinski definition) is 1. The van der Waals surface area contributed by atoms with Crippen LogP contribution in [-0.2, 0) is 14.3 Å². The highest BCUT2D eigenvalue weighted by atomic mass is 32.1. The third kappa shape index (κ3) is 5.30. The topological polar surface area (TPSA) is 120 Å². The summed E-state index contributed by atoms with van der Waals surface area (Å²) in [5.41, 5.74) is 0.731. The number of amides is 2. The lowest BCUT2D eigenvalue weighted by molar-refractivity contribution is -0.119. The van der Waals surface area contributed by atoms with E-state index in [0.29, 0.717) is 35.0 Å². The third-order valence-corrected chi connectivity index (χ3v) is 6.26. The van der Waals surface area contributed by atoms with Gasteiger partial charge in [0.25, 0.3) is 11.8 Å². The Hall–Kier alpha value is -3.60. The highest BCUT2D eigenvalue weighted by Crippen LogP contribution is 2.35. The zero-order valence-corrected chi connectivity index (χ0v) is 20.2. The number of nitrogens with one attached hydrogen (secondary N) is 1. The maximum atomic E-state index is 12.9. The molecule has 1 aromatic carbocycles. The fourth-order valence-electron chi connectivity index (χ4n) is 3.31. The van der Waals surface area contributed by atoms with Crippen LogP contribution in [0.3, 0.4) is 0 Å². The number of fused-ring (bicyclic) bond motifs is 1. The quantitative estimate of drug-likeness (QED) is 0.532. The molecule has 3 rings (SSSR count). The molecule has 0 unspecified atom stereocenters. The van der Waals surface area contributed by atoms with Gasteiger partial charge in [0.1, 0.15) is 5.00 Å². The van der Waals surface area contributed by atoms with Crippen molar-refractivity contribution in [3.05, 3.63) is 39.8 Å². The summed E-state index contributed by atoms with van der Waals surface area (Å²) in [5, 5.41) is 2.74. The van der Waals surface area contributed by atoms with E-state index < -0.39 is 24.5 Å². The minimum atomic E-state index is -0.723. The molecule has 11 heteroatoms. The number of nitrogens with zero attached hydrogens (tertiary/aromatic N) is 1. The Morgan fingerprint density at radius 2 is 1.74 bits per heavy atom. The SMILES string of the molecule is CCOC(=O)c1c(NC(=O)COC(=O)c2ccc3c(c2)OCO3)sc(C(=O)N(CC)CC)c1C. The number of carbonyl (C=O) groups excluding carboxylic acids is 4. The molecule has 0 saturated heterocycles. The Labute approximate surface area is 200 Å². The Balaban J connectivity index is 1.74. The minimum absolute atomic E-state index is 0.0675. The van der Waals surface area contributed by atoms with Gasteiger partial charge >= 0.3 is 11.9 Å². The number of carbonyl (C=O) groups is 4. The second-order valence-electron chi connectivity index (χ2n) is 7.15. The number of ether oxygens (including phenoxy) is 4. The van der Waals surface area contributed by atoms with Gasteiger partial charge in [0.15, 0.2) is 18.1 Å². The average Bonchev–Trinajstić information content (AvgIpc) is 3.41. The molecule has 0 fully saturated rings. The van der Waals surface area contributed by atoms with E-state index in [1.165, 1.54) is 12.1 Å². The second kappa shape index (κ2) is 11.0. The first kappa shape index (κ1) is 25.0. The zero-order chi connectivity index (χ0) is 24.8. The van der Waals surface area contributed by atoms with Crippen molar-refractivity contribution in [2.75, 3.05) is 38.4 Å². The molecule has 1 N–H and O–H groups in total. The Morgan fingerprint density at radius 1 is 1.03 bits per heavy atom. The Morgan fingerprint density at radius 3 is 2.41 bits per heavy atom. The summed E-state index contributed by atoms with van der Waals surface area (Å²) in [5.74, 6) is -1.35. The first-order valence-corrected chi connectivity index (χ1v) is 11.6. The summed E-state index contributed by atoms with van der Waals surface area (Å²) in [6, 6.07) is 4.54. The van der Waals surface area contributed by atoms with Gasteiger partial charge in [-0.25, -0.2) is 9.59 Å². The average molecular weight is 491 g/mol. The second-order valence-corrected chi connectivity index (χ2v) is 8.17. The van der Waals surface area contributed by atoms with Crippen LogP contribution >= 0.6 is 11.3 Å². The lowest BCUT2D eigenvalue weighted by atomic mass is 10.1. The predicted octanol–water partition coefficient (Wildman–Crippen LogP) is 3.24. The fourth-order valence-corrected chi connectivity index (χ4v) is 4.49. The molecular weight excluding hydrogens is 464 g/mol. The minimum Gasteiger partial charge on any atom is -0.462 e. The van der Waals surface area contributed by atoms with E-state index in [9.17, 15) is 19.2 Å². The largest absolute Gasteiger partial charge is 0.462 e. The molecular formula is C23H26N2O8S. The van der Waals surface area contributed by atoms with Crippen LogP contribution in [0, 0.1) is 6.92 Å². The maximum Gasteiger partial charge on any atom is 0.341 e. The molecule has 34 heavy (non-hydrogen) atoms. The molecule has 1 aliphatic heterocycles. The molecule has 2 aromatic rings. The van der Waals surface area contributed by atoms with Crippen molar-refractivity contribution in [3.8, 4) is 11.5 Å². The fraction of sp³-hybridized carbons (Fsp3) is 0.391. The molecule has 182 valence electrons. The van der Waals surface area contributed by atoms with Crippen LogP contribution in [0.15, 0.2) is 18.2 Å². The van der Waals surface area contributed by atoms with E-state index in [1.54, 1.807) is 24.8 Å². The van der Waals surface area contributed by atoms with Crippen molar-refractivity contribution in [1.82, 2.24) is 4.90 Å². The van der Waals surface area contributed by atoms with Gasteiger partial charge in [0.2, 0.25) is 6.79 Å². The van der Waals surface area contributed by atoms with Crippen molar-refractivity contribution < 1.29 is 38.1 Å². The molecule has 2 amide bonds. The smallest absolute Gasteiger partial charge is 0.341 e. The standard InChI is InChI=1S/C23H26N2O8S/c1-5-25(6-2)21(27)19-13(4)18(23(29)30-7-3)20(34-19)24-17(26)11-31-22(28)14-8-9-15-16(10-14)33-12-32-15/h8-10H,5-7,11-12H2,1-4H3,(H,24,26). The van der Waals surface area contributed by atoms with E-state index in [1.807, 2.05) is 13.8 Å². The predicted molar refractivity (Wildman–Crippen MR) is 124 cm³/mol. The van der Waals surface area contributed by atoms with E-state index in [0.717, 1.165) is 11.3 Å². The van der Waals surface area contributed by atoms with Crippen LogP contribution < -0.4 is 14.8 Å². The molecule has 0 bridgehead atoms. The van der Waals surface area contributed by atoms with Gasteiger partial charge in [-0.05, 0) is 51.5 Å². The summed E-state index contributed by atoms with van der Waals surface area (Å²) in [6.07, 6.45) is 0. The van der Waals surface area contributed by atoms with Gasteiger partial charge in [-0.15, -0.1) is 11.3 Å².